The van der Waals surface area contributed by atoms with E-state index in [0.29, 0.717) is 53.0 Å². The molecule has 2 aliphatic rings. The maximum absolute atomic E-state index is 14.5. The van der Waals surface area contributed by atoms with Gasteiger partial charge in [0.2, 0.25) is 0 Å². The molecular formula is C52H55F2IN12O4. The number of aromatic nitrogens is 6. The van der Waals surface area contributed by atoms with Gasteiger partial charge >= 0.3 is 0 Å². The Morgan fingerprint density at radius 3 is 1.65 bits per heavy atom. The molecule has 0 amide bonds. The number of benzene rings is 5. The number of rotatable bonds is 10. The fourth-order valence-electron chi connectivity index (χ4n) is 9.50. The second kappa shape index (κ2) is 20.8. The van der Waals surface area contributed by atoms with Crippen molar-refractivity contribution in [2.24, 2.45) is 0 Å². The number of nitrogen functional groups attached to an aromatic ring is 2. The minimum Gasteiger partial charge on any atom is -0.397 e. The van der Waals surface area contributed by atoms with E-state index in [-0.39, 0.29) is 63.3 Å². The van der Waals surface area contributed by atoms with Crippen molar-refractivity contribution in [2.75, 3.05) is 95.0 Å². The summed E-state index contributed by atoms with van der Waals surface area (Å²) in [5.41, 5.74) is 19.0. The molecule has 9 aromatic rings. The van der Waals surface area contributed by atoms with E-state index >= 15 is 0 Å². The third-order valence-electron chi connectivity index (χ3n) is 13.4. The standard InChI is InChI=1S/C29H29FN6O2.C23H25FN6O2.HI/c1-35(16-20-17-38-13-12-36(20)15-18-6-3-2-4-7-18)19-10-11-22-24(14-19)33-28(32-22)26-27(31)25-21(30)8-5-9-23(25)34-29(26)37;1-29-8-9-32-12-14(29)11-30(2)13-6-7-16-18(10-13)27-22(26-16)20-21(25)19-15(24)4-3-5-17(19)28-23(20)31;/h2-11,14,20H,12-13,15-17H2,1H3,(H,32,33)(H3,31,34,37);3-7,10,14H,8-9,11-12H2,1-2H3,(H,26,27)(H3,25,28,31);1H. The van der Waals surface area contributed by atoms with Gasteiger partial charge in [0.1, 0.15) is 34.4 Å². The van der Waals surface area contributed by atoms with Crippen LogP contribution in [-0.4, -0.2) is 126 Å². The number of fused-ring (bicyclic) bond motifs is 4. The number of nitrogens with two attached hydrogens (primary N) is 2. The highest BCUT2D eigenvalue weighted by Crippen LogP contribution is 2.33. The van der Waals surface area contributed by atoms with Gasteiger partial charge in [-0.1, -0.05) is 42.5 Å². The van der Waals surface area contributed by atoms with Gasteiger partial charge in [-0.2, -0.15) is 0 Å². The first-order chi connectivity index (χ1) is 33.9. The quantitative estimate of drug-likeness (QED) is 0.0747. The number of aromatic amines is 4. The number of nitrogens with zero attached hydrogens (tertiary/aromatic N) is 6. The fourth-order valence-corrected chi connectivity index (χ4v) is 9.50. The monoisotopic (exact) mass is 1080 g/mol. The number of imidazole rings is 2. The van der Waals surface area contributed by atoms with Gasteiger partial charge in [0, 0.05) is 58.2 Å². The summed E-state index contributed by atoms with van der Waals surface area (Å²) in [6.45, 7) is 7.18. The van der Waals surface area contributed by atoms with Crippen molar-refractivity contribution in [3.05, 3.63) is 141 Å². The Balaban J connectivity index is 0.000000176. The third-order valence-corrected chi connectivity index (χ3v) is 13.4. The minimum absolute atomic E-state index is 0. The van der Waals surface area contributed by atoms with Gasteiger partial charge in [0.05, 0.1) is 93.8 Å². The molecule has 2 aliphatic heterocycles. The Kier molecular flexibility index (Phi) is 14.4. The lowest BCUT2D eigenvalue weighted by atomic mass is 10.1. The number of anilines is 4. The molecule has 71 heavy (non-hydrogen) atoms. The molecule has 0 radical (unpaired) electrons. The molecule has 6 heterocycles. The Morgan fingerprint density at radius 1 is 0.634 bits per heavy atom. The van der Waals surface area contributed by atoms with Crippen LogP contribution in [0.2, 0.25) is 0 Å². The van der Waals surface area contributed by atoms with Crippen LogP contribution in [0.25, 0.3) is 66.6 Å². The summed E-state index contributed by atoms with van der Waals surface area (Å²) in [5, 5.41) is 0.361. The lowest BCUT2D eigenvalue weighted by Gasteiger charge is -2.38. The van der Waals surface area contributed by atoms with E-state index in [9.17, 15) is 18.4 Å². The molecule has 11 rings (SSSR count). The number of H-pyrrole nitrogens is 4. The van der Waals surface area contributed by atoms with Crippen LogP contribution in [0.1, 0.15) is 5.56 Å². The van der Waals surface area contributed by atoms with E-state index in [4.69, 9.17) is 20.9 Å². The number of pyridine rings is 2. The van der Waals surface area contributed by atoms with Crippen LogP contribution >= 0.6 is 24.0 Å². The lowest BCUT2D eigenvalue weighted by molar-refractivity contribution is -0.00826. The summed E-state index contributed by atoms with van der Waals surface area (Å²) in [6.07, 6.45) is 0. The van der Waals surface area contributed by atoms with E-state index in [1.807, 2.05) is 49.5 Å². The second-order valence-corrected chi connectivity index (χ2v) is 18.0. The molecule has 2 saturated heterocycles. The van der Waals surface area contributed by atoms with Crippen LogP contribution < -0.4 is 32.4 Å². The van der Waals surface area contributed by atoms with Crippen molar-refractivity contribution >= 4 is 90.6 Å². The molecule has 0 saturated carbocycles. The first-order valence-corrected chi connectivity index (χ1v) is 23.2. The topological polar surface area (TPSA) is 207 Å². The summed E-state index contributed by atoms with van der Waals surface area (Å²) >= 11 is 0. The molecule has 5 aromatic carbocycles. The highest BCUT2D eigenvalue weighted by Gasteiger charge is 2.26. The van der Waals surface area contributed by atoms with E-state index in [0.717, 1.165) is 68.3 Å². The van der Waals surface area contributed by atoms with Crippen molar-refractivity contribution in [1.29, 1.82) is 0 Å². The minimum atomic E-state index is -0.495. The number of morpholine rings is 2. The van der Waals surface area contributed by atoms with Crippen LogP contribution in [0.4, 0.5) is 31.5 Å². The van der Waals surface area contributed by atoms with Gasteiger partial charge in [-0.25, -0.2) is 18.7 Å². The molecule has 2 atom stereocenters. The maximum Gasteiger partial charge on any atom is 0.261 e. The maximum atomic E-state index is 14.5. The summed E-state index contributed by atoms with van der Waals surface area (Å²) in [7, 11) is 6.21. The second-order valence-electron chi connectivity index (χ2n) is 18.0. The fraction of sp³-hybridized carbons (Fsp3) is 0.269. The van der Waals surface area contributed by atoms with E-state index in [2.05, 4.69) is 87.9 Å². The van der Waals surface area contributed by atoms with Gasteiger partial charge in [-0.05, 0) is 73.3 Å². The molecule has 0 spiro atoms. The predicted molar refractivity (Wildman–Crippen MR) is 289 cm³/mol. The van der Waals surface area contributed by atoms with Crippen molar-refractivity contribution in [2.45, 2.75) is 18.6 Å². The molecular weight excluding hydrogens is 1020 g/mol. The first kappa shape index (κ1) is 49.1. The van der Waals surface area contributed by atoms with Crippen molar-refractivity contribution in [3.63, 3.8) is 0 Å². The zero-order valence-electron chi connectivity index (χ0n) is 39.5. The summed E-state index contributed by atoms with van der Waals surface area (Å²) in [5.74, 6) is -0.373. The molecule has 2 fully saturated rings. The number of hydrogen-bond acceptors (Lipinski definition) is 12. The van der Waals surface area contributed by atoms with Crippen LogP contribution in [0.15, 0.2) is 113 Å². The summed E-state index contributed by atoms with van der Waals surface area (Å²) < 4.78 is 40.3. The van der Waals surface area contributed by atoms with E-state index < -0.39 is 22.8 Å². The molecule has 0 bridgehead atoms. The highest BCUT2D eigenvalue weighted by molar-refractivity contribution is 14.0. The highest BCUT2D eigenvalue weighted by atomic mass is 127. The number of halogens is 3. The van der Waals surface area contributed by atoms with Crippen LogP contribution in [-0.2, 0) is 16.0 Å². The van der Waals surface area contributed by atoms with Crippen LogP contribution in [0.3, 0.4) is 0 Å². The van der Waals surface area contributed by atoms with Gasteiger partial charge in [-0.3, -0.25) is 19.4 Å². The van der Waals surface area contributed by atoms with Gasteiger partial charge in [-0.15, -0.1) is 24.0 Å². The zero-order chi connectivity index (χ0) is 48.6. The third kappa shape index (κ3) is 10.0. The largest absolute Gasteiger partial charge is 0.397 e. The van der Waals surface area contributed by atoms with Gasteiger partial charge < -0.3 is 50.7 Å². The molecule has 0 aliphatic carbocycles. The number of hydrogen-bond donors (Lipinski definition) is 6. The molecule has 4 aromatic heterocycles. The number of nitrogens with one attached hydrogen (secondary N) is 4. The first-order valence-electron chi connectivity index (χ1n) is 23.2. The lowest BCUT2D eigenvalue weighted by Crippen LogP contribution is -2.50. The van der Waals surface area contributed by atoms with Crippen molar-refractivity contribution in [1.82, 2.24) is 39.7 Å². The average molecular weight is 1080 g/mol. The predicted octanol–water partition coefficient (Wildman–Crippen LogP) is 7.31. The van der Waals surface area contributed by atoms with Crippen LogP contribution in [0.5, 0.6) is 0 Å². The summed E-state index contributed by atoms with van der Waals surface area (Å²) in [4.78, 5) is 55.7. The molecule has 2 unspecified atom stereocenters. The van der Waals surface area contributed by atoms with Crippen molar-refractivity contribution < 1.29 is 18.3 Å². The Hall–Kier alpha value is -6.91. The summed E-state index contributed by atoms with van der Waals surface area (Å²) in [6, 6.07) is 31.8. The Morgan fingerprint density at radius 2 is 1.13 bits per heavy atom. The van der Waals surface area contributed by atoms with Crippen LogP contribution in [0, 0.1) is 11.6 Å². The molecule has 19 heteroatoms. The number of likely N-dealkylation sites (N-methyl/N-ethyl adjacent to an activating group) is 3. The molecule has 368 valence electrons. The SMILES string of the molecule is CN(CC1COCCN1C)c1ccc2nc(-c3c(N)c4c(F)cccc4[nH]c3=O)[nH]c2c1.CN(CC1COCCN1Cc1ccccc1)c1ccc2nc(-c3c(N)c4c(F)cccc4[nH]c3=O)[nH]c2c1.I. The van der Waals surface area contributed by atoms with Gasteiger partial charge in [0.25, 0.3) is 11.1 Å². The number of ether oxygens (including phenoxy) is 2. The normalized spacial score (nSPS) is 16.5. The van der Waals surface area contributed by atoms with E-state index in [1.54, 1.807) is 12.1 Å². The van der Waals surface area contributed by atoms with Gasteiger partial charge in [0.15, 0.2) is 0 Å². The molecule has 8 N–H and O–H groups in total. The Labute approximate surface area is 424 Å². The smallest absolute Gasteiger partial charge is 0.261 e. The zero-order valence-corrected chi connectivity index (χ0v) is 41.8. The molecule has 16 nitrogen and oxygen atoms in total. The average Bonchev–Trinajstić information content (AvgIpc) is 3.97. The Bertz CT molecular complexity index is 3490. The van der Waals surface area contributed by atoms with E-state index in [1.165, 1.54) is 29.8 Å². The van der Waals surface area contributed by atoms with Crippen molar-refractivity contribution in [3.8, 4) is 22.8 Å².